The van der Waals surface area contributed by atoms with Crippen molar-refractivity contribution in [3.8, 4) is 11.4 Å². The lowest BCUT2D eigenvalue weighted by molar-refractivity contribution is -0.129. The van der Waals surface area contributed by atoms with Crippen molar-refractivity contribution in [1.29, 1.82) is 0 Å². The summed E-state index contributed by atoms with van der Waals surface area (Å²) in [6.07, 6.45) is 1.59. The summed E-state index contributed by atoms with van der Waals surface area (Å²) in [5.74, 6) is 0.211. The van der Waals surface area contributed by atoms with Crippen LogP contribution in [-0.2, 0) is 9.53 Å². The van der Waals surface area contributed by atoms with Gasteiger partial charge in [-0.1, -0.05) is 41.9 Å². The number of nitrogens with zero attached hydrogens (tertiary/aromatic N) is 3. The number of halogens is 1. The number of carbonyl (C=O) groups excluding carboxylic acids is 1. The third-order valence-electron chi connectivity index (χ3n) is 4.29. The summed E-state index contributed by atoms with van der Waals surface area (Å²) in [4.78, 5) is 16.7. The highest BCUT2D eigenvalue weighted by atomic mass is 35.5. The van der Waals surface area contributed by atoms with E-state index in [0.717, 1.165) is 5.69 Å². The summed E-state index contributed by atoms with van der Waals surface area (Å²) < 4.78 is 12.3. The van der Waals surface area contributed by atoms with Crippen LogP contribution in [0.3, 0.4) is 0 Å². The van der Waals surface area contributed by atoms with Crippen molar-refractivity contribution in [2.45, 2.75) is 6.92 Å². The van der Waals surface area contributed by atoms with Gasteiger partial charge < -0.3 is 9.47 Å². The summed E-state index contributed by atoms with van der Waals surface area (Å²) in [5, 5.41) is 4.87. The Bertz CT molecular complexity index is 1120. The van der Waals surface area contributed by atoms with Gasteiger partial charge in [0, 0.05) is 5.56 Å². The zero-order valence-electron chi connectivity index (χ0n) is 15.2. The second kappa shape index (κ2) is 7.32. The average molecular weight is 394 g/mol. The minimum atomic E-state index is -0.552. The van der Waals surface area contributed by atoms with Crippen LogP contribution in [0.25, 0.3) is 11.8 Å². The minimum Gasteiger partial charge on any atom is -0.496 e. The van der Waals surface area contributed by atoms with Crippen LogP contribution in [0.15, 0.2) is 65.3 Å². The lowest BCUT2D eigenvalue weighted by Gasteiger charge is -2.05. The predicted molar refractivity (Wildman–Crippen MR) is 107 cm³/mol. The monoisotopic (exact) mass is 393 g/mol. The number of aryl methyl sites for hydroxylation is 1. The van der Waals surface area contributed by atoms with Gasteiger partial charge in [-0.25, -0.2) is 14.5 Å². The van der Waals surface area contributed by atoms with Gasteiger partial charge in [-0.05, 0) is 37.3 Å². The van der Waals surface area contributed by atoms with Gasteiger partial charge in [0.2, 0.25) is 5.90 Å². The first kappa shape index (κ1) is 18.0. The largest absolute Gasteiger partial charge is 0.496 e. The summed E-state index contributed by atoms with van der Waals surface area (Å²) in [6, 6.07) is 16.7. The number of hydrogen-bond acceptors (Lipinski definition) is 5. The maximum absolute atomic E-state index is 12.3. The van der Waals surface area contributed by atoms with Gasteiger partial charge in [-0.3, -0.25) is 0 Å². The minimum absolute atomic E-state index is 0.151. The van der Waals surface area contributed by atoms with Gasteiger partial charge in [0.1, 0.15) is 10.9 Å². The van der Waals surface area contributed by atoms with Crippen molar-refractivity contribution < 1.29 is 14.3 Å². The number of carbonyl (C=O) groups is 1. The van der Waals surface area contributed by atoms with Gasteiger partial charge in [-0.2, -0.15) is 5.10 Å². The van der Waals surface area contributed by atoms with Crippen molar-refractivity contribution in [3.63, 3.8) is 0 Å². The van der Waals surface area contributed by atoms with Crippen LogP contribution in [0.2, 0.25) is 5.15 Å². The molecule has 0 N–H and O–H groups in total. The first-order valence-corrected chi connectivity index (χ1v) is 8.93. The number of cyclic esters (lactones) is 1. The Morgan fingerprint density at radius 1 is 1.11 bits per heavy atom. The molecule has 2 heterocycles. The lowest BCUT2D eigenvalue weighted by Crippen LogP contribution is -2.06. The summed E-state index contributed by atoms with van der Waals surface area (Å²) in [7, 11) is 1.55. The van der Waals surface area contributed by atoms with E-state index in [0.29, 0.717) is 27.7 Å². The van der Waals surface area contributed by atoms with E-state index in [1.54, 1.807) is 30.0 Å². The highest BCUT2D eigenvalue weighted by Gasteiger charge is 2.27. The van der Waals surface area contributed by atoms with E-state index in [2.05, 4.69) is 10.1 Å². The molecular formula is C21H16ClN3O3. The quantitative estimate of drug-likeness (QED) is 0.492. The molecule has 0 unspecified atom stereocenters. The van der Waals surface area contributed by atoms with E-state index < -0.39 is 5.97 Å². The Hall–Kier alpha value is -3.38. The Morgan fingerprint density at radius 3 is 2.57 bits per heavy atom. The topological polar surface area (TPSA) is 65.7 Å². The molecule has 1 aliphatic heterocycles. The first-order valence-electron chi connectivity index (χ1n) is 8.55. The molecule has 7 heteroatoms. The molecule has 4 rings (SSSR count). The highest BCUT2D eigenvalue weighted by molar-refractivity contribution is 6.31. The second-order valence-corrected chi connectivity index (χ2v) is 6.43. The Kier molecular flexibility index (Phi) is 4.71. The molecule has 0 aliphatic carbocycles. The zero-order chi connectivity index (χ0) is 19.7. The lowest BCUT2D eigenvalue weighted by atomic mass is 10.2. The van der Waals surface area contributed by atoms with Gasteiger partial charge in [0.05, 0.1) is 24.1 Å². The molecule has 1 aliphatic rings. The molecule has 0 saturated heterocycles. The fourth-order valence-corrected chi connectivity index (χ4v) is 3.22. The van der Waals surface area contributed by atoms with Crippen molar-refractivity contribution in [3.05, 3.63) is 82.3 Å². The zero-order valence-corrected chi connectivity index (χ0v) is 16.0. The molecule has 3 aromatic rings. The van der Waals surface area contributed by atoms with Crippen LogP contribution < -0.4 is 4.74 Å². The molecule has 0 radical (unpaired) electrons. The number of hydrogen-bond donors (Lipinski definition) is 0. The number of aromatic nitrogens is 2. The summed E-state index contributed by atoms with van der Waals surface area (Å²) in [6.45, 7) is 1.82. The number of methoxy groups -OCH3 is 1. The first-order chi connectivity index (χ1) is 13.6. The van der Waals surface area contributed by atoms with E-state index in [1.165, 1.54) is 0 Å². The molecule has 6 nitrogen and oxygen atoms in total. The second-order valence-electron chi connectivity index (χ2n) is 6.07. The van der Waals surface area contributed by atoms with Gasteiger partial charge in [0.25, 0.3) is 0 Å². The number of rotatable bonds is 4. The van der Waals surface area contributed by atoms with Crippen LogP contribution in [0.4, 0.5) is 0 Å². The summed E-state index contributed by atoms with van der Waals surface area (Å²) in [5.41, 5.74) is 2.87. The van der Waals surface area contributed by atoms with Gasteiger partial charge >= 0.3 is 5.97 Å². The third kappa shape index (κ3) is 3.18. The molecule has 1 aromatic heterocycles. The van der Waals surface area contributed by atoms with E-state index in [9.17, 15) is 4.79 Å². The molecule has 140 valence electrons. The SMILES string of the molecule is COc1ccccc1C1=N/C(=C/c2c(C)nn(-c3ccccc3)c2Cl)C(=O)O1. The smallest absolute Gasteiger partial charge is 0.363 e. The Balaban J connectivity index is 1.75. The predicted octanol–water partition coefficient (Wildman–Crippen LogP) is 4.19. The number of ether oxygens (including phenoxy) is 2. The fraction of sp³-hybridized carbons (Fsp3) is 0.0952. The molecule has 0 saturated carbocycles. The van der Waals surface area contributed by atoms with E-state index in [-0.39, 0.29) is 11.6 Å². The number of aliphatic imine (C=N–C) groups is 1. The van der Waals surface area contributed by atoms with Crippen LogP contribution in [-0.4, -0.2) is 28.8 Å². The standard InChI is InChI=1S/C21H16ClN3O3/c1-13-16(19(22)25(24-13)14-8-4-3-5-9-14)12-17-21(26)28-20(23-17)15-10-6-7-11-18(15)27-2/h3-12H,1-2H3/b17-12+. The molecule has 28 heavy (non-hydrogen) atoms. The highest BCUT2D eigenvalue weighted by Crippen LogP contribution is 2.29. The molecule has 0 fully saturated rings. The van der Waals surface area contributed by atoms with Crippen LogP contribution in [0.5, 0.6) is 5.75 Å². The van der Waals surface area contributed by atoms with Crippen LogP contribution in [0.1, 0.15) is 16.8 Å². The molecule has 0 atom stereocenters. The van der Waals surface area contributed by atoms with Crippen molar-refractivity contribution in [1.82, 2.24) is 9.78 Å². The maximum Gasteiger partial charge on any atom is 0.363 e. The molecule has 0 spiro atoms. The normalized spacial score (nSPS) is 14.9. The number of esters is 1. The molecule has 0 amide bonds. The van der Waals surface area contributed by atoms with E-state index >= 15 is 0 Å². The van der Waals surface area contributed by atoms with Crippen LogP contribution >= 0.6 is 11.6 Å². The molecular weight excluding hydrogens is 378 g/mol. The Labute approximate surface area is 166 Å². The van der Waals surface area contributed by atoms with E-state index in [4.69, 9.17) is 21.1 Å². The maximum atomic E-state index is 12.3. The molecule has 2 aromatic carbocycles. The summed E-state index contributed by atoms with van der Waals surface area (Å²) >= 11 is 6.53. The van der Waals surface area contributed by atoms with Crippen molar-refractivity contribution in [2.75, 3.05) is 7.11 Å². The van der Waals surface area contributed by atoms with E-state index in [1.807, 2.05) is 49.4 Å². The third-order valence-corrected chi connectivity index (χ3v) is 4.65. The Morgan fingerprint density at radius 2 is 1.82 bits per heavy atom. The van der Waals surface area contributed by atoms with Gasteiger partial charge in [0.15, 0.2) is 5.70 Å². The average Bonchev–Trinajstić information content (AvgIpc) is 3.23. The fourth-order valence-electron chi connectivity index (χ4n) is 2.90. The molecule has 0 bridgehead atoms. The number of para-hydroxylation sites is 2. The van der Waals surface area contributed by atoms with Crippen LogP contribution in [0, 0.1) is 6.92 Å². The number of benzene rings is 2. The van der Waals surface area contributed by atoms with Gasteiger partial charge in [-0.15, -0.1) is 0 Å². The van der Waals surface area contributed by atoms with Crippen molar-refractivity contribution >= 4 is 29.5 Å². The van der Waals surface area contributed by atoms with Crippen molar-refractivity contribution in [2.24, 2.45) is 4.99 Å².